The first-order valence-electron chi connectivity index (χ1n) is 6.09. The van der Waals surface area contributed by atoms with Gasteiger partial charge in [-0.3, -0.25) is 4.79 Å². The number of nitrogens with one attached hydrogen (secondary N) is 1. The maximum absolute atomic E-state index is 13.3. The Morgan fingerprint density at radius 3 is 2.68 bits per heavy atom. The smallest absolute Gasteiger partial charge is 0.325 e. The van der Waals surface area contributed by atoms with Crippen molar-refractivity contribution in [3.63, 3.8) is 0 Å². The summed E-state index contributed by atoms with van der Waals surface area (Å²) < 4.78 is 23.5. The number of aryl methyl sites for hydroxylation is 1. The largest absolute Gasteiger partial charge is 0.493 e. The normalized spacial score (nSPS) is 13.7. The fraction of sp³-hybridized carbons (Fsp3) is 0.500. The summed E-state index contributed by atoms with van der Waals surface area (Å²) in [6, 6.07) is 4.69. The Balaban J connectivity index is 2.57. The number of benzene rings is 1. The van der Waals surface area contributed by atoms with Crippen LogP contribution in [0.4, 0.5) is 4.39 Å². The minimum Gasteiger partial charge on any atom is -0.493 e. The van der Waals surface area contributed by atoms with Crippen LogP contribution in [0, 0.1) is 12.7 Å². The number of halogens is 1. The molecule has 5 heteroatoms. The Labute approximate surface area is 112 Å². The van der Waals surface area contributed by atoms with E-state index in [1.54, 1.807) is 33.0 Å². The lowest BCUT2D eigenvalue weighted by Gasteiger charge is -2.25. The zero-order chi connectivity index (χ0) is 14.5. The molecule has 0 saturated carbocycles. The quantitative estimate of drug-likeness (QED) is 0.803. The zero-order valence-corrected chi connectivity index (χ0v) is 11.7. The predicted molar refractivity (Wildman–Crippen MR) is 70.7 cm³/mol. The van der Waals surface area contributed by atoms with E-state index in [4.69, 9.17) is 9.47 Å². The van der Waals surface area contributed by atoms with E-state index in [0.29, 0.717) is 17.7 Å². The highest BCUT2D eigenvalue weighted by Crippen LogP contribution is 2.18. The molecule has 1 aromatic rings. The summed E-state index contributed by atoms with van der Waals surface area (Å²) in [6.07, 6.45) is 0.422. The van der Waals surface area contributed by atoms with Gasteiger partial charge in [-0.25, -0.2) is 4.39 Å². The summed E-state index contributed by atoms with van der Waals surface area (Å²) in [4.78, 5) is 11.6. The molecule has 0 heterocycles. The highest BCUT2D eigenvalue weighted by Gasteiger charge is 2.32. The number of esters is 1. The number of hydrogen-bond acceptors (Lipinski definition) is 4. The lowest BCUT2D eigenvalue weighted by Crippen LogP contribution is -2.49. The minimum atomic E-state index is -0.808. The van der Waals surface area contributed by atoms with Crippen molar-refractivity contribution in [3.05, 3.63) is 29.6 Å². The number of ether oxygens (including phenoxy) is 2. The van der Waals surface area contributed by atoms with Crippen molar-refractivity contribution in [1.29, 1.82) is 0 Å². The van der Waals surface area contributed by atoms with Crippen molar-refractivity contribution in [2.75, 3.05) is 20.8 Å². The summed E-state index contributed by atoms with van der Waals surface area (Å²) in [5.41, 5.74) is -0.236. The highest BCUT2D eigenvalue weighted by atomic mass is 19.1. The molecule has 0 aliphatic heterocycles. The summed E-state index contributed by atoms with van der Waals surface area (Å²) >= 11 is 0. The van der Waals surface area contributed by atoms with Gasteiger partial charge in [-0.15, -0.1) is 0 Å². The van der Waals surface area contributed by atoms with Crippen molar-refractivity contribution in [2.45, 2.75) is 25.8 Å². The Kier molecular flexibility index (Phi) is 5.30. The Morgan fingerprint density at radius 1 is 1.47 bits per heavy atom. The van der Waals surface area contributed by atoms with E-state index in [0.717, 1.165) is 0 Å². The average Bonchev–Trinajstić information content (AvgIpc) is 2.41. The van der Waals surface area contributed by atoms with Crippen LogP contribution in [0.5, 0.6) is 5.75 Å². The molecular formula is C14H20FNO3. The molecule has 4 nitrogen and oxygen atoms in total. The van der Waals surface area contributed by atoms with Crippen LogP contribution in [0.25, 0.3) is 0 Å². The number of hydrogen-bond donors (Lipinski definition) is 1. The molecule has 1 atom stereocenters. The van der Waals surface area contributed by atoms with Crippen LogP contribution < -0.4 is 10.1 Å². The molecule has 1 aromatic carbocycles. The van der Waals surface area contributed by atoms with Crippen LogP contribution in [0.3, 0.4) is 0 Å². The molecule has 0 spiro atoms. The molecule has 19 heavy (non-hydrogen) atoms. The second-order valence-corrected chi connectivity index (χ2v) is 4.58. The maximum Gasteiger partial charge on any atom is 0.325 e. The number of carbonyl (C=O) groups is 1. The number of methoxy groups -OCH3 is 1. The van der Waals surface area contributed by atoms with E-state index in [2.05, 4.69) is 5.32 Å². The van der Waals surface area contributed by atoms with Gasteiger partial charge < -0.3 is 14.8 Å². The molecule has 1 N–H and O–H groups in total. The molecule has 0 fully saturated rings. The van der Waals surface area contributed by atoms with E-state index in [-0.39, 0.29) is 18.4 Å². The predicted octanol–water partition coefficient (Wildman–Crippen LogP) is 2.05. The van der Waals surface area contributed by atoms with Gasteiger partial charge in [0.05, 0.1) is 13.7 Å². The van der Waals surface area contributed by atoms with Gasteiger partial charge in [0.2, 0.25) is 0 Å². The van der Waals surface area contributed by atoms with Gasteiger partial charge in [-0.2, -0.15) is 0 Å². The summed E-state index contributed by atoms with van der Waals surface area (Å²) in [5, 5.41) is 2.91. The molecule has 0 saturated heterocycles. The van der Waals surface area contributed by atoms with Crippen LogP contribution in [0.15, 0.2) is 18.2 Å². The summed E-state index contributed by atoms with van der Waals surface area (Å²) in [5.74, 6) is -0.207. The number of rotatable bonds is 6. The second-order valence-electron chi connectivity index (χ2n) is 4.58. The SMILES string of the molecule is CNC(C)(CCOc1ccc(C)c(F)c1)C(=O)OC. The van der Waals surface area contributed by atoms with Crippen molar-refractivity contribution in [2.24, 2.45) is 0 Å². The van der Waals surface area contributed by atoms with Crippen LogP contribution in [-0.4, -0.2) is 32.3 Å². The van der Waals surface area contributed by atoms with Crippen LogP contribution >= 0.6 is 0 Å². The van der Waals surface area contributed by atoms with Gasteiger partial charge >= 0.3 is 5.97 Å². The van der Waals surface area contributed by atoms with Gasteiger partial charge in [0.25, 0.3) is 0 Å². The summed E-state index contributed by atoms with van der Waals surface area (Å²) in [6.45, 7) is 3.71. The van der Waals surface area contributed by atoms with E-state index in [1.165, 1.54) is 13.2 Å². The van der Waals surface area contributed by atoms with Crippen molar-refractivity contribution in [3.8, 4) is 5.75 Å². The van der Waals surface area contributed by atoms with Gasteiger partial charge in [0.1, 0.15) is 17.1 Å². The molecule has 0 radical (unpaired) electrons. The fourth-order valence-corrected chi connectivity index (χ4v) is 1.59. The molecule has 1 unspecified atom stereocenters. The molecule has 1 rings (SSSR count). The Bertz CT molecular complexity index is 450. The topological polar surface area (TPSA) is 47.6 Å². The van der Waals surface area contributed by atoms with Gasteiger partial charge in [-0.05, 0) is 32.5 Å². The number of likely N-dealkylation sites (N-methyl/N-ethyl adjacent to an activating group) is 1. The molecular weight excluding hydrogens is 249 g/mol. The van der Waals surface area contributed by atoms with Crippen LogP contribution in [0.2, 0.25) is 0 Å². The first-order chi connectivity index (χ1) is 8.92. The lowest BCUT2D eigenvalue weighted by molar-refractivity contribution is -0.148. The van der Waals surface area contributed by atoms with Gasteiger partial charge in [-0.1, -0.05) is 6.07 Å². The van der Waals surface area contributed by atoms with Crippen LogP contribution in [0.1, 0.15) is 18.9 Å². The van der Waals surface area contributed by atoms with Crippen LogP contribution in [-0.2, 0) is 9.53 Å². The van der Waals surface area contributed by atoms with Crippen molar-refractivity contribution >= 4 is 5.97 Å². The zero-order valence-electron chi connectivity index (χ0n) is 11.7. The highest BCUT2D eigenvalue weighted by molar-refractivity contribution is 5.80. The molecule has 0 aromatic heterocycles. The molecule has 0 amide bonds. The molecule has 0 aliphatic carbocycles. The maximum atomic E-state index is 13.3. The van der Waals surface area contributed by atoms with Crippen molar-refractivity contribution in [1.82, 2.24) is 5.32 Å². The third-order valence-corrected chi connectivity index (χ3v) is 3.20. The fourth-order valence-electron chi connectivity index (χ4n) is 1.59. The standard InChI is InChI=1S/C14H20FNO3/c1-10-5-6-11(9-12(10)15)19-8-7-14(2,16-3)13(17)18-4/h5-6,9,16H,7-8H2,1-4H3. The summed E-state index contributed by atoms with van der Waals surface area (Å²) in [7, 11) is 3.02. The molecule has 0 bridgehead atoms. The minimum absolute atomic E-state index is 0.287. The van der Waals surface area contributed by atoms with Gasteiger partial charge in [0, 0.05) is 12.5 Å². The molecule has 106 valence electrons. The number of carbonyl (C=O) groups excluding carboxylic acids is 1. The molecule has 0 aliphatic rings. The van der Waals surface area contributed by atoms with E-state index < -0.39 is 5.54 Å². The third-order valence-electron chi connectivity index (χ3n) is 3.20. The third kappa shape index (κ3) is 3.92. The lowest BCUT2D eigenvalue weighted by atomic mass is 9.99. The average molecular weight is 269 g/mol. The second kappa shape index (κ2) is 6.52. The van der Waals surface area contributed by atoms with E-state index in [9.17, 15) is 9.18 Å². The first kappa shape index (κ1) is 15.4. The van der Waals surface area contributed by atoms with Gasteiger partial charge in [0.15, 0.2) is 0 Å². The monoisotopic (exact) mass is 269 g/mol. The first-order valence-corrected chi connectivity index (χ1v) is 6.09. The van der Waals surface area contributed by atoms with Crippen molar-refractivity contribution < 1.29 is 18.7 Å². The van der Waals surface area contributed by atoms with E-state index in [1.807, 2.05) is 0 Å². The van der Waals surface area contributed by atoms with E-state index >= 15 is 0 Å². The Morgan fingerprint density at radius 2 is 2.16 bits per heavy atom. The Hall–Kier alpha value is -1.62.